The van der Waals surface area contributed by atoms with Gasteiger partial charge in [-0.2, -0.15) is 0 Å². The van der Waals surface area contributed by atoms with Crippen LogP contribution in [0, 0.1) is 12.7 Å². The number of H-pyrrole nitrogens is 1. The molecule has 0 bridgehead atoms. The third kappa shape index (κ3) is 1.97. The SMILES string of the molecule is Cc1[nH]n(C)c(=O)c1-c1ccc(C(C)N)c(F)c1. The second kappa shape index (κ2) is 4.42. The van der Waals surface area contributed by atoms with Gasteiger partial charge < -0.3 is 5.73 Å². The number of hydrogen-bond acceptors (Lipinski definition) is 2. The van der Waals surface area contributed by atoms with Crippen LogP contribution in [0.2, 0.25) is 0 Å². The zero-order chi connectivity index (χ0) is 13.4. The zero-order valence-corrected chi connectivity index (χ0v) is 10.6. The van der Waals surface area contributed by atoms with Crippen LogP contribution in [0.5, 0.6) is 0 Å². The lowest BCUT2D eigenvalue weighted by atomic mass is 10.0. The predicted octanol–water partition coefficient (Wildman–Crippen LogP) is 1.85. The van der Waals surface area contributed by atoms with Crippen molar-refractivity contribution in [2.45, 2.75) is 19.9 Å². The third-order valence-electron chi connectivity index (χ3n) is 3.01. The van der Waals surface area contributed by atoms with Crippen molar-refractivity contribution >= 4 is 0 Å². The maximum absolute atomic E-state index is 13.9. The van der Waals surface area contributed by atoms with E-state index in [1.165, 1.54) is 10.7 Å². The van der Waals surface area contributed by atoms with E-state index in [2.05, 4.69) is 5.10 Å². The summed E-state index contributed by atoms with van der Waals surface area (Å²) >= 11 is 0. The number of aromatic nitrogens is 2. The Morgan fingerprint density at radius 2 is 2.11 bits per heavy atom. The van der Waals surface area contributed by atoms with Crippen LogP contribution in [-0.2, 0) is 7.05 Å². The summed E-state index contributed by atoms with van der Waals surface area (Å²) in [5.41, 5.74) is 7.71. The number of hydrogen-bond donors (Lipinski definition) is 2. The van der Waals surface area contributed by atoms with E-state index >= 15 is 0 Å². The van der Waals surface area contributed by atoms with Crippen LogP contribution >= 0.6 is 0 Å². The maximum Gasteiger partial charge on any atom is 0.274 e. The molecular weight excluding hydrogens is 233 g/mol. The molecule has 0 saturated carbocycles. The topological polar surface area (TPSA) is 63.8 Å². The van der Waals surface area contributed by atoms with Crippen molar-refractivity contribution in [3.8, 4) is 11.1 Å². The van der Waals surface area contributed by atoms with Crippen molar-refractivity contribution in [3.05, 3.63) is 45.6 Å². The molecule has 18 heavy (non-hydrogen) atoms. The Hall–Kier alpha value is -1.88. The van der Waals surface area contributed by atoms with Crippen molar-refractivity contribution in [2.75, 3.05) is 0 Å². The number of nitrogens with two attached hydrogens (primary N) is 1. The lowest BCUT2D eigenvalue weighted by molar-refractivity contribution is 0.594. The molecule has 0 saturated heterocycles. The molecule has 1 atom stereocenters. The Labute approximate surface area is 104 Å². The molecule has 2 rings (SSSR count). The maximum atomic E-state index is 13.9. The van der Waals surface area contributed by atoms with E-state index in [1.54, 1.807) is 33.0 Å². The first-order valence-corrected chi connectivity index (χ1v) is 5.72. The predicted molar refractivity (Wildman–Crippen MR) is 68.8 cm³/mol. The minimum atomic E-state index is -0.384. The number of nitrogens with one attached hydrogen (secondary N) is 1. The average Bonchev–Trinajstić information content (AvgIpc) is 2.52. The summed E-state index contributed by atoms with van der Waals surface area (Å²) in [4.78, 5) is 11.9. The first kappa shape index (κ1) is 12.6. The van der Waals surface area contributed by atoms with Crippen LogP contribution in [0.1, 0.15) is 24.2 Å². The van der Waals surface area contributed by atoms with E-state index in [-0.39, 0.29) is 17.4 Å². The molecule has 5 heteroatoms. The minimum absolute atomic E-state index is 0.166. The number of halogens is 1. The highest BCUT2D eigenvalue weighted by Crippen LogP contribution is 2.23. The number of benzene rings is 1. The van der Waals surface area contributed by atoms with Gasteiger partial charge in [0.15, 0.2) is 0 Å². The Morgan fingerprint density at radius 3 is 2.56 bits per heavy atom. The van der Waals surface area contributed by atoms with Crippen molar-refractivity contribution in [2.24, 2.45) is 12.8 Å². The normalized spacial score (nSPS) is 12.7. The molecule has 1 unspecified atom stereocenters. The molecule has 0 fully saturated rings. The van der Waals surface area contributed by atoms with Gasteiger partial charge >= 0.3 is 0 Å². The summed E-state index contributed by atoms with van der Waals surface area (Å²) in [6.07, 6.45) is 0. The van der Waals surface area contributed by atoms with Gasteiger partial charge in [0.05, 0.1) is 5.56 Å². The lowest BCUT2D eigenvalue weighted by Gasteiger charge is -2.08. The van der Waals surface area contributed by atoms with Gasteiger partial charge in [-0.05, 0) is 25.5 Å². The van der Waals surface area contributed by atoms with Crippen molar-refractivity contribution < 1.29 is 4.39 Å². The number of nitrogens with zero attached hydrogens (tertiary/aromatic N) is 1. The Kier molecular flexibility index (Phi) is 3.09. The molecule has 3 N–H and O–H groups in total. The summed E-state index contributed by atoms with van der Waals surface area (Å²) < 4.78 is 15.2. The molecular formula is C13H16FN3O. The van der Waals surface area contributed by atoms with E-state index in [0.29, 0.717) is 16.7 Å². The average molecular weight is 249 g/mol. The van der Waals surface area contributed by atoms with Gasteiger partial charge in [0.2, 0.25) is 0 Å². The largest absolute Gasteiger partial charge is 0.324 e. The van der Waals surface area contributed by atoms with Gasteiger partial charge in [-0.25, -0.2) is 4.39 Å². The van der Waals surface area contributed by atoms with Gasteiger partial charge in [0.1, 0.15) is 5.82 Å². The Morgan fingerprint density at radius 1 is 1.44 bits per heavy atom. The van der Waals surface area contributed by atoms with Gasteiger partial charge in [-0.1, -0.05) is 12.1 Å². The fraction of sp³-hybridized carbons (Fsp3) is 0.308. The van der Waals surface area contributed by atoms with Crippen molar-refractivity contribution in [1.82, 2.24) is 9.78 Å². The highest BCUT2D eigenvalue weighted by molar-refractivity contribution is 5.65. The summed E-state index contributed by atoms with van der Waals surface area (Å²) in [6.45, 7) is 3.51. The summed E-state index contributed by atoms with van der Waals surface area (Å²) in [5.74, 6) is -0.384. The number of aryl methyl sites for hydroxylation is 2. The monoisotopic (exact) mass is 249 g/mol. The molecule has 0 aliphatic carbocycles. The van der Waals surface area contributed by atoms with Crippen molar-refractivity contribution in [3.63, 3.8) is 0 Å². The molecule has 0 radical (unpaired) electrons. The van der Waals surface area contributed by atoms with E-state index in [9.17, 15) is 9.18 Å². The van der Waals surface area contributed by atoms with Crippen LogP contribution in [0.25, 0.3) is 11.1 Å². The van der Waals surface area contributed by atoms with Crippen LogP contribution in [0.15, 0.2) is 23.0 Å². The van der Waals surface area contributed by atoms with Crippen LogP contribution in [0.3, 0.4) is 0 Å². The molecule has 4 nitrogen and oxygen atoms in total. The molecule has 0 spiro atoms. The lowest BCUT2D eigenvalue weighted by Crippen LogP contribution is -2.13. The van der Waals surface area contributed by atoms with Crippen LogP contribution in [0.4, 0.5) is 4.39 Å². The Balaban J connectivity index is 2.59. The van der Waals surface area contributed by atoms with E-state index in [4.69, 9.17) is 5.73 Å². The fourth-order valence-electron chi connectivity index (χ4n) is 2.08. The second-order valence-corrected chi connectivity index (χ2v) is 4.50. The molecule has 0 aliphatic heterocycles. The van der Waals surface area contributed by atoms with Gasteiger partial charge in [0.25, 0.3) is 5.56 Å². The number of rotatable bonds is 2. The van der Waals surface area contributed by atoms with Crippen LogP contribution in [-0.4, -0.2) is 9.78 Å². The summed E-state index contributed by atoms with van der Waals surface area (Å²) in [6, 6.07) is 4.34. The van der Waals surface area contributed by atoms with Gasteiger partial charge in [-0.15, -0.1) is 0 Å². The summed E-state index contributed by atoms with van der Waals surface area (Å²) in [5, 5.41) is 2.89. The molecule has 0 aliphatic rings. The molecule has 1 aromatic heterocycles. The molecule has 96 valence electrons. The Bertz CT molecular complexity index is 640. The smallest absolute Gasteiger partial charge is 0.274 e. The summed E-state index contributed by atoms with van der Waals surface area (Å²) in [7, 11) is 1.63. The standard InChI is InChI=1S/C13H16FN3O/c1-7(15)10-5-4-9(6-11(10)14)12-8(2)16-17(3)13(12)18/h4-7,16H,15H2,1-3H3. The van der Waals surface area contributed by atoms with Gasteiger partial charge in [-0.3, -0.25) is 14.6 Å². The molecule has 2 aromatic rings. The third-order valence-corrected chi connectivity index (χ3v) is 3.01. The van der Waals surface area contributed by atoms with E-state index < -0.39 is 0 Å². The zero-order valence-electron chi connectivity index (χ0n) is 10.6. The van der Waals surface area contributed by atoms with E-state index in [0.717, 1.165) is 5.69 Å². The first-order valence-electron chi connectivity index (χ1n) is 5.72. The fourth-order valence-corrected chi connectivity index (χ4v) is 2.08. The molecule has 1 aromatic carbocycles. The second-order valence-electron chi connectivity index (χ2n) is 4.50. The molecule has 0 amide bonds. The van der Waals surface area contributed by atoms with Crippen molar-refractivity contribution in [1.29, 1.82) is 0 Å². The van der Waals surface area contributed by atoms with E-state index in [1.807, 2.05) is 0 Å². The molecule has 1 heterocycles. The quantitative estimate of drug-likeness (QED) is 0.853. The van der Waals surface area contributed by atoms with Gasteiger partial charge in [0, 0.05) is 24.3 Å². The van der Waals surface area contributed by atoms with Crippen LogP contribution < -0.4 is 11.3 Å². The number of aromatic amines is 1. The highest BCUT2D eigenvalue weighted by Gasteiger charge is 2.14. The highest BCUT2D eigenvalue weighted by atomic mass is 19.1. The minimum Gasteiger partial charge on any atom is -0.324 e. The first-order chi connectivity index (χ1) is 8.41.